The Kier molecular flexibility index (Phi) is 7.18. The van der Waals surface area contributed by atoms with Crippen LogP contribution in [0.15, 0.2) is 29.3 Å². The molecule has 1 N–H and O–H groups in total. The molecule has 0 bridgehead atoms. The van der Waals surface area contributed by atoms with Crippen LogP contribution in [-0.2, 0) is 16.0 Å². The molecule has 1 aromatic carbocycles. The Morgan fingerprint density at radius 1 is 1.21 bits per heavy atom. The maximum absolute atomic E-state index is 11.9. The molecule has 1 saturated carbocycles. The number of aliphatic imine (C=N–C) groups is 1. The second-order valence-corrected chi connectivity index (χ2v) is 7.90. The molecule has 1 aromatic rings. The highest BCUT2D eigenvalue weighted by Gasteiger charge is 2.36. The second-order valence-electron chi connectivity index (χ2n) is 7.90. The molecule has 1 aliphatic carbocycles. The molecule has 0 amide bonds. The molecule has 2 aliphatic rings. The van der Waals surface area contributed by atoms with Gasteiger partial charge in [-0.2, -0.15) is 0 Å². The van der Waals surface area contributed by atoms with Gasteiger partial charge in [0, 0.05) is 26.7 Å². The number of hydrogen-bond acceptors (Lipinski definition) is 4. The molecule has 6 nitrogen and oxygen atoms in total. The molecule has 0 spiro atoms. The molecule has 0 aromatic heterocycles. The normalized spacial score (nSPS) is 23.1. The van der Waals surface area contributed by atoms with E-state index in [0.717, 1.165) is 31.2 Å². The van der Waals surface area contributed by atoms with Crippen molar-refractivity contribution in [2.24, 2.45) is 16.8 Å². The van der Waals surface area contributed by atoms with Crippen LogP contribution in [0.25, 0.3) is 0 Å². The number of nitrogens with zero attached hydrogens (tertiary/aromatic N) is 2. The number of nitrogens with one attached hydrogen (secondary N) is 1. The summed E-state index contributed by atoms with van der Waals surface area (Å²) in [4.78, 5) is 18.4. The number of ether oxygens (including phenoxy) is 2. The van der Waals surface area contributed by atoms with E-state index in [1.54, 1.807) is 7.05 Å². The van der Waals surface area contributed by atoms with Gasteiger partial charge in [-0.3, -0.25) is 9.79 Å². The summed E-state index contributed by atoms with van der Waals surface area (Å²) in [6.07, 6.45) is 6.23. The Labute approximate surface area is 168 Å². The number of methoxy groups -OCH3 is 1. The van der Waals surface area contributed by atoms with Crippen LogP contribution in [0.2, 0.25) is 0 Å². The average molecular weight is 388 g/mol. The Hall–Kier alpha value is -2.24. The fourth-order valence-electron chi connectivity index (χ4n) is 4.18. The van der Waals surface area contributed by atoms with E-state index < -0.39 is 0 Å². The molecular formula is C22H33N3O3. The molecule has 1 saturated heterocycles. The first-order chi connectivity index (χ1) is 13.6. The first kappa shape index (κ1) is 20.5. The van der Waals surface area contributed by atoms with E-state index in [4.69, 9.17) is 9.47 Å². The van der Waals surface area contributed by atoms with Crippen molar-refractivity contribution in [3.8, 4) is 5.75 Å². The molecule has 1 heterocycles. The Bertz CT molecular complexity index is 668. The van der Waals surface area contributed by atoms with Gasteiger partial charge in [0.25, 0.3) is 0 Å². The van der Waals surface area contributed by atoms with Gasteiger partial charge in [-0.15, -0.1) is 0 Å². The maximum Gasteiger partial charge on any atom is 0.310 e. The first-order valence-electron chi connectivity index (χ1n) is 10.4. The second kappa shape index (κ2) is 9.80. The molecule has 2 fully saturated rings. The van der Waals surface area contributed by atoms with Crippen molar-refractivity contribution in [3.05, 3.63) is 29.8 Å². The first-order valence-corrected chi connectivity index (χ1v) is 10.4. The van der Waals surface area contributed by atoms with E-state index in [1.165, 1.54) is 38.4 Å². The number of esters is 1. The van der Waals surface area contributed by atoms with Crippen LogP contribution in [0.5, 0.6) is 5.75 Å². The number of guanidine groups is 1. The van der Waals surface area contributed by atoms with E-state index in [0.29, 0.717) is 12.6 Å². The minimum Gasteiger partial charge on any atom is -0.490 e. The SMILES string of the molecule is CN=C(NCCc1ccc(OC2CCCC2)cc1)N1CC(C)C(C(=O)OC)C1. The van der Waals surface area contributed by atoms with E-state index in [1.807, 2.05) is 0 Å². The van der Waals surface area contributed by atoms with Crippen molar-refractivity contribution in [1.82, 2.24) is 10.2 Å². The van der Waals surface area contributed by atoms with Gasteiger partial charge in [0.05, 0.1) is 19.1 Å². The van der Waals surface area contributed by atoms with Gasteiger partial charge >= 0.3 is 5.97 Å². The standard InChI is InChI=1S/C22H33N3O3/c1-16-14-25(15-20(16)21(26)27-3)22(23-2)24-13-12-17-8-10-19(11-9-17)28-18-6-4-5-7-18/h8-11,16,18,20H,4-7,12-15H2,1-3H3,(H,23,24). The fraction of sp³-hybridized carbons (Fsp3) is 0.636. The number of rotatable bonds is 6. The van der Waals surface area contributed by atoms with Crippen molar-refractivity contribution in [3.63, 3.8) is 0 Å². The minimum absolute atomic E-state index is 0.0871. The van der Waals surface area contributed by atoms with Crippen molar-refractivity contribution < 1.29 is 14.3 Å². The number of carbonyl (C=O) groups is 1. The molecule has 2 atom stereocenters. The quantitative estimate of drug-likeness (QED) is 0.462. The fourth-order valence-corrected chi connectivity index (χ4v) is 4.18. The summed E-state index contributed by atoms with van der Waals surface area (Å²) in [5.74, 6) is 1.86. The summed E-state index contributed by atoms with van der Waals surface area (Å²) < 4.78 is 10.9. The van der Waals surface area contributed by atoms with Gasteiger partial charge in [-0.05, 0) is 55.7 Å². The van der Waals surface area contributed by atoms with Crippen LogP contribution < -0.4 is 10.1 Å². The van der Waals surface area contributed by atoms with E-state index in [2.05, 4.69) is 46.4 Å². The Morgan fingerprint density at radius 2 is 1.93 bits per heavy atom. The van der Waals surface area contributed by atoms with Crippen molar-refractivity contribution in [2.75, 3.05) is 33.8 Å². The van der Waals surface area contributed by atoms with E-state index in [-0.39, 0.29) is 17.8 Å². The lowest BCUT2D eigenvalue weighted by Crippen LogP contribution is -2.41. The summed E-state index contributed by atoms with van der Waals surface area (Å²) in [7, 11) is 3.24. The molecule has 1 aliphatic heterocycles. The summed E-state index contributed by atoms with van der Waals surface area (Å²) in [5.41, 5.74) is 1.27. The predicted molar refractivity (Wildman–Crippen MR) is 111 cm³/mol. The lowest BCUT2D eigenvalue weighted by atomic mass is 9.99. The average Bonchev–Trinajstić information content (AvgIpc) is 3.35. The highest BCUT2D eigenvalue weighted by Crippen LogP contribution is 2.25. The highest BCUT2D eigenvalue weighted by atomic mass is 16.5. The predicted octanol–water partition coefficient (Wildman–Crippen LogP) is 2.87. The van der Waals surface area contributed by atoms with Crippen LogP contribution >= 0.6 is 0 Å². The number of benzene rings is 1. The van der Waals surface area contributed by atoms with Gasteiger partial charge in [-0.1, -0.05) is 19.1 Å². The third kappa shape index (κ3) is 5.18. The molecule has 28 heavy (non-hydrogen) atoms. The Balaban J connectivity index is 1.45. The third-order valence-corrected chi connectivity index (χ3v) is 5.85. The molecular weight excluding hydrogens is 354 g/mol. The number of likely N-dealkylation sites (tertiary alicyclic amines) is 1. The van der Waals surface area contributed by atoms with Gasteiger partial charge in [0.2, 0.25) is 0 Å². The zero-order valence-corrected chi connectivity index (χ0v) is 17.3. The molecule has 0 radical (unpaired) electrons. The molecule has 2 unspecified atom stereocenters. The van der Waals surface area contributed by atoms with Gasteiger partial charge < -0.3 is 19.7 Å². The Morgan fingerprint density at radius 3 is 2.57 bits per heavy atom. The zero-order valence-electron chi connectivity index (χ0n) is 17.3. The summed E-state index contributed by atoms with van der Waals surface area (Å²) in [6, 6.07) is 8.43. The maximum atomic E-state index is 11.9. The van der Waals surface area contributed by atoms with Crippen molar-refractivity contribution >= 4 is 11.9 Å². The lowest BCUT2D eigenvalue weighted by molar-refractivity contribution is -0.145. The van der Waals surface area contributed by atoms with Gasteiger partial charge in [0.15, 0.2) is 5.96 Å². The van der Waals surface area contributed by atoms with Crippen LogP contribution in [0.1, 0.15) is 38.2 Å². The van der Waals surface area contributed by atoms with E-state index >= 15 is 0 Å². The van der Waals surface area contributed by atoms with Crippen molar-refractivity contribution in [2.45, 2.75) is 45.1 Å². The molecule has 6 heteroatoms. The van der Waals surface area contributed by atoms with Crippen molar-refractivity contribution in [1.29, 1.82) is 0 Å². The van der Waals surface area contributed by atoms with Crippen LogP contribution in [0.3, 0.4) is 0 Å². The summed E-state index contributed by atoms with van der Waals surface area (Å²) in [5, 5.41) is 3.42. The lowest BCUT2D eigenvalue weighted by Gasteiger charge is -2.21. The van der Waals surface area contributed by atoms with Crippen LogP contribution in [0, 0.1) is 11.8 Å². The molecule has 3 rings (SSSR count). The van der Waals surface area contributed by atoms with Crippen LogP contribution in [0.4, 0.5) is 0 Å². The van der Waals surface area contributed by atoms with E-state index in [9.17, 15) is 4.79 Å². The summed E-state index contributed by atoms with van der Waals surface area (Å²) >= 11 is 0. The molecule has 154 valence electrons. The zero-order chi connectivity index (χ0) is 19.9. The van der Waals surface area contributed by atoms with Gasteiger partial charge in [-0.25, -0.2) is 0 Å². The monoisotopic (exact) mass is 387 g/mol. The number of carbonyl (C=O) groups excluding carboxylic acids is 1. The largest absolute Gasteiger partial charge is 0.490 e. The van der Waals surface area contributed by atoms with Crippen LogP contribution in [-0.4, -0.2) is 56.7 Å². The smallest absolute Gasteiger partial charge is 0.310 e. The topological polar surface area (TPSA) is 63.2 Å². The highest BCUT2D eigenvalue weighted by molar-refractivity contribution is 5.82. The van der Waals surface area contributed by atoms with Gasteiger partial charge in [0.1, 0.15) is 5.75 Å². The summed E-state index contributed by atoms with van der Waals surface area (Å²) in [6.45, 7) is 4.35. The third-order valence-electron chi connectivity index (χ3n) is 5.85. The number of hydrogen-bond donors (Lipinski definition) is 1. The minimum atomic E-state index is -0.134.